The zero-order chi connectivity index (χ0) is 23.9. The lowest BCUT2D eigenvalue weighted by atomic mass is 10.0. The van der Waals surface area contributed by atoms with E-state index in [1.807, 2.05) is 30.3 Å². The van der Waals surface area contributed by atoms with Crippen LogP contribution >= 0.6 is 0 Å². The normalized spacial score (nSPS) is 16.8. The molecule has 0 bridgehead atoms. The quantitative estimate of drug-likeness (QED) is 0.584. The minimum Gasteiger partial charge on any atom is -0.367 e. The zero-order valence-corrected chi connectivity index (χ0v) is 18.8. The lowest BCUT2D eigenvalue weighted by Gasteiger charge is -2.31. The fraction of sp³-hybridized carbons (Fsp3) is 0.308. The fourth-order valence-corrected chi connectivity index (χ4v) is 4.14. The number of anilines is 2. The molecule has 0 saturated carbocycles. The molecule has 0 radical (unpaired) electrons. The maximum absolute atomic E-state index is 14.2. The third-order valence-corrected chi connectivity index (χ3v) is 5.93. The summed E-state index contributed by atoms with van der Waals surface area (Å²) in [5.74, 6) is -2.12. The van der Waals surface area contributed by atoms with Crippen molar-refractivity contribution < 1.29 is 18.4 Å². The second-order valence-electron chi connectivity index (χ2n) is 8.36. The van der Waals surface area contributed by atoms with Crippen molar-refractivity contribution in [3.05, 3.63) is 83.5 Å². The molecule has 6 nitrogen and oxygen atoms in total. The molecule has 178 valence electrons. The molecular weight excluding hydrogens is 438 g/mol. The van der Waals surface area contributed by atoms with E-state index in [1.54, 1.807) is 12.1 Å². The summed E-state index contributed by atoms with van der Waals surface area (Å²) in [6.07, 6.45) is 4.07. The van der Waals surface area contributed by atoms with Crippen molar-refractivity contribution in [3.63, 3.8) is 0 Å². The molecule has 2 aliphatic rings. The number of amides is 2. The van der Waals surface area contributed by atoms with Crippen LogP contribution in [0.15, 0.2) is 72.1 Å². The zero-order valence-electron chi connectivity index (χ0n) is 18.8. The molecule has 4 rings (SSSR count). The minimum absolute atomic E-state index is 0.0654. The third-order valence-electron chi connectivity index (χ3n) is 5.93. The van der Waals surface area contributed by atoms with Gasteiger partial charge in [-0.15, -0.1) is 0 Å². The molecule has 1 saturated heterocycles. The molecule has 1 fully saturated rings. The first-order valence-corrected chi connectivity index (χ1v) is 11.5. The highest BCUT2D eigenvalue weighted by atomic mass is 19.1. The van der Waals surface area contributed by atoms with Gasteiger partial charge in [0.15, 0.2) is 0 Å². The lowest BCUT2D eigenvalue weighted by Crippen LogP contribution is -2.46. The Morgan fingerprint density at radius 3 is 2.56 bits per heavy atom. The summed E-state index contributed by atoms with van der Waals surface area (Å²) in [6.45, 7) is 3.01. The van der Waals surface area contributed by atoms with Gasteiger partial charge in [-0.2, -0.15) is 0 Å². The molecule has 8 heteroatoms. The Labute approximate surface area is 197 Å². The highest BCUT2D eigenvalue weighted by Gasteiger charge is 2.26. The molecule has 2 amide bonds. The number of carbonyl (C=O) groups is 2. The number of piperazine rings is 1. The summed E-state index contributed by atoms with van der Waals surface area (Å²) >= 11 is 0. The van der Waals surface area contributed by atoms with Crippen LogP contribution < -0.4 is 20.9 Å². The number of benzene rings is 2. The maximum Gasteiger partial charge on any atom is 0.254 e. The second-order valence-corrected chi connectivity index (χ2v) is 8.36. The largest absolute Gasteiger partial charge is 0.367 e. The number of carbonyl (C=O) groups excluding carboxylic acids is 2. The summed E-state index contributed by atoms with van der Waals surface area (Å²) in [6, 6.07) is 12.5. The van der Waals surface area contributed by atoms with Gasteiger partial charge in [0.1, 0.15) is 17.7 Å². The topological polar surface area (TPSA) is 73.5 Å². The van der Waals surface area contributed by atoms with Gasteiger partial charge in [0.25, 0.3) is 5.91 Å². The van der Waals surface area contributed by atoms with E-state index in [0.29, 0.717) is 17.8 Å². The van der Waals surface area contributed by atoms with Gasteiger partial charge in [-0.25, -0.2) is 8.78 Å². The van der Waals surface area contributed by atoms with Gasteiger partial charge in [-0.3, -0.25) is 9.59 Å². The van der Waals surface area contributed by atoms with Crippen LogP contribution in [0.1, 0.15) is 18.4 Å². The lowest BCUT2D eigenvalue weighted by molar-refractivity contribution is -0.124. The fourth-order valence-electron chi connectivity index (χ4n) is 4.14. The molecule has 0 spiro atoms. The number of nitrogens with one attached hydrogen (secondary N) is 3. The predicted molar refractivity (Wildman–Crippen MR) is 129 cm³/mol. The molecule has 0 aromatic heterocycles. The van der Waals surface area contributed by atoms with Gasteiger partial charge < -0.3 is 20.9 Å². The molecule has 3 N–H and O–H groups in total. The smallest absolute Gasteiger partial charge is 0.254 e. The highest BCUT2D eigenvalue weighted by molar-refractivity contribution is 6.03. The van der Waals surface area contributed by atoms with Crippen LogP contribution in [-0.4, -0.2) is 44.0 Å². The van der Waals surface area contributed by atoms with E-state index in [4.69, 9.17) is 0 Å². The van der Waals surface area contributed by atoms with Crippen LogP contribution in [-0.2, 0) is 16.0 Å². The van der Waals surface area contributed by atoms with Crippen molar-refractivity contribution in [1.82, 2.24) is 10.6 Å². The van der Waals surface area contributed by atoms with E-state index < -0.39 is 29.5 Å². The van der Waals surface area contributed by atoms with Gasteiger partial charge >= 0.3 is 0 Å². The van der Waals surface area contributed by atoms with E-state index in [2.05, 4.69) is 20.9 Å². The number of rotatable bonds is 7. The van der Waals surface area contributed by atoms with Gasteiger partial charge in [-0.1, -0.05) is 42.5 Å². The number of allylic oxidation sites excluding steroid dienone is 2. The summed E-state index contributed by atoms with van der Waals surface area (Å²) in [7, 11) is 0. The summed E-state index contributed by atoms with van der Waals surface area (Å²) in [5.41, 5.74) is 1.81. The van der Waals surface area contributed by atoms with Gasteiger partial charge in [-0.05, 0) is 30.2 Å². The van der Waals surface area contributed by atoms with Crippen molar-refractivity contribution in [2.45, 2.75) is 25.3 Å². The monoisotopic (exact) mass is 466 g/mol. The Morgan fingerprint density at radius 2 is 1.82 bits per heavy atom. The molecular formula is C26H28F2N4O2. The van der Waals surface area contributed by atoms with Gasteiger partial charge in [0.2, 0.25) is 5.91 Å². The standard InChI is InChI=1S/C26H28F2N4O2/c27-19-10-11-24(32-14-12-29-13-15-32)22(17-19)30-26(34)23(16-18-6-2-1-3-7-18)31-25(33)20-8-4-5-9-21(20)28/h1-4,6-8,10-11,17,23,29H,5,9,12-16H2,(H,30,34)(H,31,33)/t23-/m1/s1. The third kappa shape index (κ3) is 5.88. The van der Waals surface area contributed by atoms with Crippen molar-refractivity contribution in [2.24, 2.45) is 0 Å². The first-order chi connectivity index (χ1) is 16.5. The summed E-state index contributed by atoms with van der Waals surface area (Å²) < 4.78 is 28.3. The van der Waals surface area contributed by atoms with Crippen LogP contribution in [0, 0.1) is 5.82 Å². The summed E-state index contributed by atoms with van der Waals surface area (Å²) in [5, 5.41) is 8.75. The Morgan fingerprint density at radius 1 is 1.06 bits per heavy atom. The number of nitrogens with zero attached hydrogens (tertiary/aromatic N) is 1. The Hall–Kier alpha value is -3.52. The second kappa shape index (κ2) is 11.1. The molecule has 1 atom stereocenters. The molecule has 1 heterocycles. The van der Waals surface area contributed by atoms with Crippen molar-refractivity contribution in [2.75, 3.05) is 36.4 Å². The first-order valence-electron chi connectivity index (χ1n) is 11.5. The Balaban J connectivity index is 1.57. The van der Waals surface area contributed by atoms with Crippen molar-refractivity contribution >= 4 is 23.2 Å². The maximum atomic E-state index is 14.2. The molecule has 1 aliphatic carbocycles. The van der Waals surface area contributed by atoms with Crippen LogP contribution in [0.3, 0.4) is 0 Å². The van der Waals surface area contributed by atoms with E-state index in [0.717, 1.165) is 31.7 Å². The average Bonchev–Trinajstić information content (AvgIpc) is 2.85. The van der Waals surface area contributed by atoms with Crippen LogP contribution in [0.4, 0.5) is 20.2 Å². The van der Waals surface area contributed by atoms with Gasteiger partial charge in [0.05, 0.1) is 16.9 Å². The summed E-state index contributed by atoms with van der Waals surface area (Å²) in [4.78, 5) is 28.2. The number of hydrogen-bond acceptors (Lipinski definition) is 4. The predicted octanol–water partition coefficient (Wildman–Crippen LogP) is 3.47. The number of hydrogen-bond donors (Lipinski definition) is 3. The van der Waals surface area contributed by atoms with E-state index >= 15 is 0 Å². The van der Waals surface area contributed by atoms with E-state index in [9.17, 15) is 18.4 Å². The SMILES string of the molecule is O=C(N[C@H](Cc1ccccc1)C(=O)Nc1cc(F)ccc1N1CCNCC1)C1=C(F)CCC=C1. The average molecular weight is 467 g/mol. The highest BCUT2D eigenvalue weighted by Crippen LogP contribution is 2.28. The van der Waals surface area contributed by atoms with E-state index in [-0.39, 0.29) is 18.4 Å². The molecule has 34 heavy (non-hydrogen) atoms. The molecule has 1 aliphatic heterocycles. The van der Waals surface area contributed by atoms with Crippen molar-refractivity contribution in [3.8, 4) is 0 Å². The van der Waals surface area contributed by atoms with Crippen LogP contribution in [0.5, 0.6) is 0 Å². The Kier molecular flexibility index (Phi) is 7.69. The molecule has 0 unspecified atom stereocenters. The molecule has 2 aromatic carbocycles. The van der Waals surface area contributed by atoms with Crippen LogP contribution in [0.25, 0.3) is 0 Å². The van der Waals surface area contributed by atoms with E-state index in [1.165, 1.54) is 18.2 Å². The van der Waals surface area contributed by atoms with Crippen molar-refractivity contribution in [1.29, 1.82) is 0 Å². The first kappa shape index (κ1) is 23.6. The van der Waals surface area contributed by atoms with Gasteiger partial charge in [0, 0.05) is 39.0 Å². The minimum atomic E-state index is -0.982. The molecule has 2 aromatic rings. The Bertz CT molecular complexity index is 1100. The number of halogens is 2. The van der Waals surface area contributed by atoms with Crippen LogP contribution in [0.2, 0.25) is 0 Å².